The minimum Gasteiger partial charge on any atom is -0.326 e. The topological polar surface area (TPSA) is 66.6 Å². The van der Waals surface area contributed by atoms with Gasteiger partial charge in [-0.15, -0.1) is 0 Å². The van der Waals surface area contributed by atoms with E-state index in [9.17, 15) is 8.42 Å². The van der Waals surface area contributed by atoms with Gasteiger partial charge in [0.2, 0.25) is 10.0 Å². The summed E-state index contributed by atoms with van der Waals surface area (Å²) in [4.78, 5) is 2.38. The Hall–Kier alpha value is -1.73. The molecule has 0 saturated carbocycles. The van der Waals surface area contributed by atoms with E-state index in [2.05, 4.69) is 0 Å². The van der Waals surface area contributed by atoms with Gasteiger partial charge in [-0.05, 0) is 37.4 Å². The first kappa shape index (κ1) is 18.1. The monoisotopic (exact) mass is 359 g/mol. The highest BCUT2D eigenvalue weighted by Gasteiger charge is 2.38. The highest BCUT2D eigenvalue weighted by atomic mass is 32.2. The molecule has 0 bridgehead atoms. The lowest BCUT2D eigenvalue weighted by atomic mass is 9.95. The van der Waals surface area contributed by atoms with Gasteiger partial charge in [0.15, 0.2) is 0 Å². The Labute approximate surface area is 150 Å². The summed E-state index contributed by atoms with van der Waals surface area (Å²) in [6.07, 6.45) is 0. The number of nitrogens with zero attached hydrogens (tertiary/aromatic N) is 2. The third-order valence-corrected chi connectivity index (χ3v) is 6.47. The fourth-order valence-electron chi connectivity index (χ4n) is 3.32. The Morgan fingerprint density at radius 1 is 1.04 bits per heavy atom. The van der Waals surface area contributed by atoms with Gasteiger partial charge < -0.3 is 10.6 Å². The van der Waals surface area contributed by atoms with Gasteiger partial charge in [0.25, 0.3) is 0 Å². The second-order valence-electron chi connectivity index (χ2n) is 6.88. The van der Waals surface area contributed by atoms with Gasteiger partial charge in [-0.1, -0.05) is 42.5 Å². The molecule has 0 aromatic heterocycles. The molecule has 1 heterocycles. The summed E-state index contributed by atoms with van der Waals surface area (Å²) in [7, 11) is 0.454. The summed E-state index contributed by atoms with van der Waals surface area (Å²) in [5, 5.41) is 0. The van der Waals surface area contributed by atoms with E-state index in [1.54, 1.807) is 12.1 Å². The predicted molar refractivity (Wildman–Crippen MR) is 99.8 cm³/mol. The first-order valence-corrected chi connectivity index (χ1v) is 9.86. The van der Waals surface area contributed by atoms with Crippen molar-refractivity contribution in [3.05, 3.63) is 65.7 Å². The van der Waals surface area contributed by atoms with E-state index in [0.29, 0.717) is 18.0 Å². The maximum Gasteiger partial charge on any atom is 0.243 e. The van der Waals surface area contributed by atoms with E-state index in [1.807, 2.05) is 61.5 Å². The summed E-state index contributed by atoms with van der Waals surface area (Å²) in [5.41, 5.74) is 8.42. The zero-order valence-corrected chi connectivity index (χ0v) is 15.5. The van der Waals surface area contributed by atoms with Gasteiger partial charge in [0.1, 0.15) is 0 Å². The average molecular weight is 359 g/mol. The zero-order chi connectivity index (χ0) is 18.0. The lowest BCUT2D eigenvalue weighted by molar-refractivity contribution is 0.402. The molecular weight excluding hydrogens is 334 g/mol. The van der Waals surface area contributed by atoms with Gasteiger partial charge in [-0.2, -0.15) is 4.31 Å². The molecule has 0 unspecified atom stereocenters. The fourth-order valence-corrected chi connectivity index (χ4v) is 4.83. The predicted octanol–water partition coefficient (Wildman–Crippen LogP) is 1.86. The second-order valence-corrected chi connectivity index (χ2v) is 8.82. The Morgan fingerprint density at radius 3 is 2.28 bits per heavy atom. The molecule has 134 valence electrons. The lowest BCUT2D eigenvalue weighted by Gasteiger charge is -2.17. The van der Waals surface area contributed by atoms with Crippen LogP contribution in [0.1, 0.15) is 17.0 Å². The minimum atomic E-state index is -3.52. The third kappa shape index (κ3) is 3.93. The van der Waals surface area contributed by atoms with E-state index >= 15 is 0 Å². The summed E-state index contributed by atoms with van der Waals surface area (Å²) < 4.78 is 27.4. The zero-order valence-electron chi connectivity index (χ0n) is 14.7. The van der Waals surface area contributed by atoms with Crippen molar-refractivity contribution >= 4 is 10.0 Å². The van der Waals surface area contributed by atoms with Gasteiger partial charge >= 0.3 is 0 Å². The number of nitrogens with two attached hydrogens (primary N) is 1. The number of hydrogen-bond acceptors (Lipinski definition) is 4. The summed E-state index contributed by atoms with van der Waals surface area (Å²) in [5.74, 6) is 0.0315. The Morgan fingerprint density at radius 2 is 1.68 bits per heavy atom. The molecule has 25 heavy (non-hydrogen) atoms. The molecule has 6 heteroatoms. The van der Waals surface area contributed by atoms with Gasteiger partial charge in [-0.3, -0.25) is 0 Å². The van der Waals surface area contributed by atoms with Crippen LogP contribution in [0.2, 0.25) is 0 Å². The second kappa shape index (κ2) is 7.25. The molecule has 1 saturated heterocycles. The van der Waals surface area contributed by atoms with Gasteiger partial charge in [0.05, 0.1) is 4.90 Å². The maximum atomic E-state index is 13.0. The van der Waals surface area contributed by atoms with Crippen LogP contribution >= 0.6 is 0 Å². The van der Waals surface area contributed by atoms with Crippen molar-refractivity contribution in [2.24, 2.45) is 5.73 Å². The molecule has 1 aliphatic rings. The molecule has 2 aromatic rings. The molecule has 1 aliphatic heterocycles. The molecule has 2 N–H and O–H groups in total. The summed E-state index contributed by atoms with van der Waals surface area (Å²) in [6.45, 7) is 1.55. The lowest BCUT2D eigenvalue weighted by Crippen LogP contribution is -2.32. The summed E-state index contributed by atoms with van der Waals surface area (Å²) >= 11 is 0. The molecule has 2 atom stereocenters. The number of benzene rings is 2. The average Bonchev–Trinajstić information content (AvgIpc) is 2.98. The van der Waals surface area contributed by atoms with Crippen LogP contribution in [-0.4, -0.2) is 50.8 Å². The molecule has 0 radical (unpaired) electrons. The van der Waals surface area contributed by atoms with Crippen molar-refractivity contribution in [2.45, 2.75) is 23.4 Å². The van der Waals surface area contributed by atoms with E-state index < -0.39 is 10.0 Å². The number of rotatable bonds is 5. The van der Waals surface area contributed by atoms with Crippen molar-refractivity contribution < 1.29 is 8.42 Å². The van der Waals surface area contributed by atoms with Crippen LogP contribution in [0.4, 0.5) is 0 Å². The molecule has 0 spiro atoms. The van der Waals surface area contributed by atoms with Crippen molar-refractivity contribution in [3.63, 3.8) is 0 Å². The van der Waals surface area contributed by atoms with Crippen LogP contribution in [0.5, 0.6) is 0 Å². The van der Waals surface area contributed by atoms with E-state index in [0.717, 1.165) is 17.7 Å². The summed E-state index contributed by atoms with van der Waals surface area (Å²) in [6, 6.07) is 16.8. The molecule has 3 rings (SSSR count). The molecular formula is C19H25N3O2S. The fraction of sp³-hybridized carbons (Fsp3) is 0.368. The quantitative estimate of drug-likeness (QED) is 0.885. The first-order valence-electron chi connectivity index (χ1n) is 8.42. The van der Waals surface area contributed by atoms with E-state index in [4.69, 9.17) is 5.73 Å². The molecule has 0 amide bonds. The molecule has 5 nitrogen and oxygen atoms in total. The number of sulfonamides is 1. The van der Waals surface area contributed by atoms with Crippen LogP contribution in [0.3, 0.4) is 0 Å². The Kier molecular flexibility index (Phi) is 5.24. The maximum absolute atomic E-state index is 13.0. The first-order chi connectivity index (χ1) is 11.9. The highest BCUT2D eigenvalue weighted by Crippen LogP contribution is 2.30. The van der Waals surface area contributed by atoms with Crippen LogP contribution in [-0.2, 0) is 16.6 Å². The van der Waals surface area contributed by atoms with Crippen LogP contribution in [0, 0.1) is 0 Å². The molecule has 1 fully saturated rings. The van der Waals surface area contributed by atoms with E-state index in [1.165, 1.54) is 4.31 Å². The largest absolute Gasteiger partial charge is 0.326 e. The molecule has 0 aliphatic carbocycles. The van der Waals surface area contributed by atoms with Gasteiger partial charge in [-0.25, -0.2) is 8.42 Å². The number of hydrogen-bond donors (Lipinski definition) is 1. The standard InChI is InChI=1S/C19H25N3O2S/c1-21(2)12-15-8-10-17(11-9-15)25(23,24)22-13-18(19(20)14-22)16-6-4-3-5-7-16/h3-11,18-19H,12-14,20H2,1-2H3/t18-,19+/m0/s1. The SMILES string of the molecule is CN(C)Cc1ccc(S(=O)(=O)N2C[C@@H](N)[C@H](c3ccccc3)C2)cc1. The highest BCUT2D eigenvalue weighted by molar-refractivity contribution is 7.89. The smallest absolute Gasteiger partial charge is 0.243 e. The van der Waals surface area contributed by atoms with E-state index in [-0.39, 0.29) is 12.0 Å². The van der Waals surface area contributed by atoms with Crippen molar-refractivity contribution in [2.75, 3.05) is 27.2 Å². The van der Waals surface area contributed by atoms with Crippen LogP contribution < -0.4 is 5.73 Å². The Balaban J connectivity index is 1.79. The van der Waals surface area contributed by atoms with Gasteiger partial charge in [0, 0.05) is 31.6 Å². The van der Waals surface area contributed by atoms with Crippen molar-refractivity contribution in [1.29, 1.82) is 0 Å². The normalized spacial score (nSPS) is 21.8. The van der Waals surface area contributed by atoms with Crippen LogP contribution in [0.25, 0.3) is 0 Å². The molecule has 2 aromatic carbocycles. The van der Waals surface area contributed by atoms with Crippen molar-refractivity contribution in [3.8, 4) is 0 Å². The van der Waals surface area contributed by atoms with Crippen LogP contribution in [0.15, 0.2) is 59.5 Å². The van der Waals surface area contributed by atoms with Crippen molar-refractivity contribution in [1.82, 2.24) is 9.21 Å². The Bertz CT molecular complexity index is 804. The minimum absolute atomic E-state index is 0.0315. The third-order valence-electron chi connectivity index (χ3n) is 4.62.